The Kier molecular flexibility index (Phi) is 6.97. The Hall–Kier alpha value is -1.55. The number of alkyl halides is 1. The molecule has 1 aromatic carbocycles. The molecule has 0 saturated carbocycles. The molecule has 0 aliphatic heterocycles. The number of unbranched alkanes of at least 4 members (excludes halogenated alkanes) is 1. The highest BCUT2D eigenvalue weighted by atomic mass is 35.5. The van der Waals surface area contributed by atoms with Gasteiger partial charge in [0.15, 0.2) is 0 Å². The predicted octanol–water partition coefficient (Wildman–Crippen LogP) is 3.38. The van der Waals surface area contributed by atoms with E-state index in [1.54, 1.807) is 31.2 Å². The van der Waals surface area contributed by atoms with Crippen molar-refractivity contribution < 1.29 is 9.59 Å². The Labute approximate surface area is 118 Å². The maximum absolute atomic E-state index is 11.6. The molecule has 0 saturated heterocycles. The van der Waals surface area contributed by atoms with E-state index >= 15 is 0 Å². The molecule has 0 aromatic heterocycles. The summed E-state index contributed by atoms with van der Waals surface area (Å²) in [7, 11) is 0. The van der Waals surface area contributed by atoms with Gasteiger partial charge < -0.3 is 10.6 Å². The molecule has 0 heterocycles. The van der Waals surface area contributed by atoms with Gasteiger partial charge in [-0.25, -0.2) is 0 Å². The van der Waals surface area contributed by atoms with Crippen LogP contribution in [0.1, 0.15) is 32.6 Å². The smallest absolute Gasteiger partial charge is 0.224 e. The highest BCUT2D eigenvalue weighted by Crippen LogP contribution is 2.14. The van der Waals surface area contributed by atoms with Gasteiger partial charge >= 0.3 is 0 Å². The molecule has 0 unspecified atom stereocenters. The van der Waals surface area contributed by atoms with Crippen molar-refractivity contribution in [3.05, 3.63) is 24.3 Å². The lowest BCUT2D eigenvalue weighted by Crippen LogP contribution is -2.12. The largest absolute Gasteiger partial charge is 0.326 e. The lowest BCUT2D eigenvalue weighted by molar-refractivity contribution is -0.117. The molecule has 0 aliphatic rings. The zero-order chi connectivity index (χ0) is 14.1. The summed E-state index contributed by atoms with van der Waals surface area (Å²) in [5, 5.41) is 5.55. The molecule has 1 rings (SSSR count). The van der Waals surface area contributed by atoms with E-state index in [0.717, 1.165) is 24.2 Å². The van der Waals surface area contributed by atoms with Crippen LogP contribution in [0.25, 0.3) is 0 Å². The van der Waals surface area contributed by atoms with Crippen molar-refractivity contribution in [1.82, 2.24) is 0 Å². The van der Waals surface area contributed by atoms with Crippen LogP contribution in [0.4, 0.5) is 11.4 Å². The molecule has 0 atom stereocenters. The maximum Gasteiger partial charge on any atom is 0.224 e. The van der Waals surface area contributed by atoms with E-state index in [1.165, 1.54) is 0 Å². The van der Waals surface area contributed by atoms with Gasteiger partial charge in [-0.2, -0.15) is 0 Å². The second-order valence-corrected chi connectivity index (χ2v) is 4.55. The summed E-state index contributed by atoms with van der Waals surface area (Å²) in [6.45, 7) is 1.80. The highest BCUT2D eigenvalue weighted by molar-refractivity contribution is 6.17. The SMILES string of the molecule is CCC(=O)Nc1ccc(NC(=O)CCCCCl)cc1. The molecule has 0 fully saturated rings. The molecule has 104 valence electrons. The van der Waals surface area contributed by atoms with E-state index < -0.39 is 0 Å². The monoisotopic (exact) mass is 282 g/mol. The first-order chi connectivity index (χ1) is 9.15. The summed E-state index contributed by atoms with van der Waals surface area (Å²) in [6.07, 6.45) is 2.55. The number of carbonyl (C=O) groups is 2. The maximum atomic E-state index is 11.6. The van der Waals surface area contributed by atoms with Crippen LogP contribution in [0, 0.1) is 0 Å². The fourth-order valence-corrected chi connectivity index (χ4v) is 1.68. The zero-order valence-corrected chi connectivity index (χ0v) is 11.8. The van der Waals surface area contributed by atoms with Gasteiger partial charge in [-0.3, -0.25) is 9.59 Å². The normalized spacial score (nSPS) is 10.0. The van der Waals surface area contributed by atoms with E-state index in [9.17, 15) is 9.59 Å². The summed E-state index contributed by atoms with van der Waals surface area (Å²) in [5.74, 6) is 0.535. The van der Waals surface area contributed by atoms with Crippen LogP contribution in [-0.4, -0.2) is 17.7 Å². The highest BCUT2D eigenvalue weighted by Gasteiger charge is 2.03. The Morgan fingerprint density at radius 3 is 2.00 bits per heavy atom. The van der Waals surface area contributed by atoms with Gasteiger partial charge in [-0.1, -0.05) is 6.92 Å². The van der Waals surface area contributed by atoms with Gasteiger partial charge in [0.2, 0.25) is 11.8 Å². The number of nitrogens with one attached hydrogen (secondary N) is 2. The third-order valence-corrected chi connectivity index (χ3v) is 2.83. The summed E-state index contributed by atoms with van der Waals surface area (Å²) in [6, 6.07) is 7.07. The lowest BCUT2D eigenvalue weighted by atomic mass is 10.2. The lowest BCUT2D eigenvalue weighted by Gasteiger charge is -2.07. The van der Waals surface area contributed by atoms with Crippen molar-refractivity contribution in [1.29, 1.82) is 0 Å². The number of amides is 2. The minimum atomic E-state index is -0.0298. The second kappa shape index (κ2) is 8.53. The Morgan fingerprint density at radius 2 is 1.53 bits per heavy atom. The number of anilines is 2. The Morgan fingerprint density at radius 1 is 1.00 bits per heavy atom. The standard InChI is InChI=1S/C14H19ClN2O2/c1-2-13(18)16-11-6-8-12(9-7-11)17-14(19)5-3-4-10-15/h6-9H,2-5,10H2,1H3,(H,16,18)(H,17,19). The van der Waals surface area contributed by atoms with Gasteiger partial charge in [-0.05, 0) is 37.1 Å². The molecule has 0 spiro atoms. The number of benzene rings is 1. The summed E-state index contributed by atoms with van der Waals surface area (Å²) < 4.78 is 0. The van der Waals surface area contributed by atoms with Crippen molar-refractivity contribution in [2.75, 3.05) is 16.5 Å². The quantitative estimate of drug-likeness (QED) is 0.595. The minimum absolute atomic E-state index is 0.0181. The van der Waals surface area contributed by atoms with Crippen LogP contribution >= 0.6 is 11.6 Å². The van der Waals surface area contributed by atoms with E-state index in [4.69, 9.17) is 11.6 Å². The van der Waals surface area contributed by atoms with Gasteiger partial charge in [0.1, 0.15) is 0 Å². The molecule has 1 aromatic rings. The van der Waals surface area contributed by atoms with Crippen molar-refractivity contribution in [3.63, 3.8) is 0 Å². The predicted molar refractivity (Wildman–Crippen MR) is 78.6 cm³/mol. The number of halogens is 1. The molecule has 19 heavy (non-hydrogen) atoms. The number of carbonyl (C=O) groups excluding carboxylic acids is 2. The molecular formula is C14H19ClN2O2. The van der Waals surface area contributed by atoms with Crippen molar-refractivity contribution in [3.8, 4) is 0 Å². The van der Waals surface area contributed by atoms with Gasteiger partial charge in [0.05, 0.1) is 0 Å². The third kappa shape index (κ3) is 6.25. The Bertz CT molecular complexity index is 418. The van der Waals surface area contributed by atoms with Crippen molar-refractivity contribution >= 4 is 34.8 Å². The molecular weight excluding hydrogens is 264 g/mol. The van der Waals surface area contributed by atoms with Crippen LogP contribution in [0.15, 0.2) is 24.3 Å². The van der Waals surface area contributed by atoms with Gasteiger partial charge in [0, 0.05) is 30.1 Å². The van der Waals surface area contributed by atoms with Crippen molar-refractivity contribution in [2.45, 2.75) is 32.6 Å². The average Bonchev–Trinajstić information content (AvgIpc) is 2.41. The van der Waals surface area contributed by atoms with Gasteiger partial charge in [-0.15, -0.1) is 11.6 Å². The topological polar surface area (TPSA) is 58.2 Å². The minimum Gasteiger partial charge on any atom is -0.326 e. The van der Waals surface area contributed by atoms with Crippen LogP contribution in [0.3, 0.4) is 0 Å². The molecule has 2 amide bonds. The molecule has 4 nitrogen and oxygen atoms in total. The zero-order valence-electron chi connectivity index (χ0n) is 11.0. The number of hydrogen-bond acceptors (Lipinski definition) is 2. The first-order valence-corrected chi connectivity index (χ1v) is 6.95. The molecule has 0 aliphatic carbocycles. The fraction of sp³-hybridized carbons (Fsp3) is 0.429. The average molecular weight is 283 g/mol. The summed E-state index contributed by atoms with van der Waals surface area (Å²) >= 11 is 5.55. The van der Waals surface area contributed by atoms with Crippen LogP contribution in [0.5, 0.6) is 0 Å². The van der Waals surface area contributed by atoms with E-state index in [1.807, 2.05) is 0 Å². The first kappa shape index (κ1) is 15.5. The van der Waals surface area contributed by atoms with E-state index in [0.29, 0.717) is 18.7 Å². The molecule has 0 bridgehead atoms. The number of hydrogen-bond donors (Lipinski definition) is 2. The third-order valence-electron chi connectivity index (χ3n) is 2.56. The summed E-state index contributed by atoms with van der Waals surface area (Å²) in [4.78, 5) is 22.8. The Balaban J connectivity index is 2.43. The van der Waals surface area contributed by atoms with Crippen LogP contribution in [-0.2, 0) is 9.59 Å². The fourth-order valence-electron chi connectivity index (χ4n) is 1.49. The summed E-state index contributed by atoms with van der Waals surface area (Å²) in [5.41, 5.74) is 1.46. The van der Waals surface area contributed by atoms with E-state index in [2.05, 4.69) is 10.6 Å². The molecule has 0 radical (unpaired) electrons. The van der Waals surface area contributed by atoms with Crippen LogP contribution < -0.4 is 10.6 Å². The van der Waals surface area contributed by atoms with E-state index in [-0.39, 0.29) is 11.8 Å². The van der Waals surface area contributed by atoms with Crippen molar-refractivity contribution in [2.24, 2.45) is 0 Å². The molecule has 2 N–H and O–H groups in total. The molecule has 5 heteroatoms. The van der Waals surface area contributed by atoms with Gasteiger partial charge in [0.25, 0.3) is 0 Å². The van der Waals surface area contributed by atoms with Crippen LogP contribution in [0.2, 0.25) is 0 Å². The second-order valence-electron chi connectivity index (χ2n) is 4.17. The number of rotatable bonds is 7. The first-order valence-electron chi connectivity index (χ1n) is 6.41.